The Morgan fingerprint density at radius 2 is 0.978 bits per heavy atom. The third kappa shape index (κ3) is 37.7. The van der Waals surface area contributed by atoms with Crippen LogP contribution >= 0.6 is 0 Å². The molecule has 0 atom stereocenters. The average Bonchev–Trinajstić information content (AvgIpc) is 3.37. The number of sulfone groups is 1. The smallest absolute Gasteiger partial charge is 0.660 e. The number of ether oxygens (including phenoxy) is 1. The van der Waals surface area contributed by atoms with E-state index in [1.54, 1.807) is 4.90 Å². The van der Waals surface area contributed by atoms with Gasteiger partial charge in [-0.2, -0.15) is 0 Å². The van der Waals surface area contributed by atoms with Crippen molar-refractivity contribution in [2.75, 3.05) is 132 Å². The Bertz CT molecular complexity index is 637. The van der Waals surface area contributed by atoms with E-state index in [0.717, 1.165) is 71.9 Å². The van der Waals surface area contributed by atoms with Gasteiger partial charge in [0.05, 0.1) is 24.7 Å². The summed E-state index contributed by atoms with van der Waals surface area (Å²) in [4.78, 5) is 21.3. The Labute approximate surface area is 332 Å². The Morgan fingerprint density at radius 1 is 0.578 bits per heavy atom. The summed E-state index contributed by atoms with van der Waals surface area (Å²) >= 11 is 0. The van der Waals surface area contributed by atoms with Gasteiger partial charge in [0.25, 0.3) is 0 Å². The molecule has 0 aromatic heterocycles. The summed E-state index contributed by atoms with van der Waals surface area (Å²) in [7, 11) is 7.57. The first-order chi connectivity index (χ1) is 19.6. The van der Waals surface area contributed by atoms with Gasteiger partial charge in [0.2, 0.25) is 5.91 Å². The van der Waals surface area contributed by atoms with Gasteiger partial charge in [0.1, 0.15) is 0 Å². The maximum atomic E-state index is 10.8. The summed E-state index contributed by atoms with van der Waals surface area (Å²) < 4.78 is 26.6. The van der Waals surface area contributed by atoms with Gasteiger partial charge in [-0.15, -0.1) is 13.1 Å². The topological polar surface area (TPSA) is 90.7 Å². The van der Waals surface area contributed by atoms with Crippen molar-refractivity contribution in [3.8, 4) is 0 Å². The van der Waals surface area contributed by atoms with Crippen molar-refractivity contribution in [3.05, 3.63) is 5.32 Å². The monoisotopic (exact) mass is 741 g/mol. The second-order valence-electron chi connectivity index (χ2n) is 10.6. The molecule has 0 bridgehead atoms. The van der Waals surface area contributed by atoms with Gasteiger partial charge < -0.3 is 34.6 Å². The van der Waals surface area contributed by atoms with Crippen LogP contribution in [0.3, 0.4) is 0 Å². The van der Waals surface area contributed by atoms with Crippen molar-refractivity contribution in [1.29, 1.82) is 0 Å². The molecular weight excluding hydrogens is 662 g/mol. The molecule has 0 spiro atoms. The molecule has 0 aromatic rings. The summed E-state index contributed by atoms with van der Waals surface area (Å²) in [5.41, 5.74) is 0. The minimum absolute atomic E-state index is 0. The van der Waals surface area contributed by atoms with Crippen molar-refractivity contribution >= 4 is 15.7 Å². The van der Waals surface area contributed by atoms with Crippen molar-refractivity contribution in [3.63, 3.8) is 0 Å². The summed E-state index contributed by atoms with van der Waals surface area (Å²) in [6.45, 7) is 21.4. The van der Waals surface area contributed by atoms with Crippen molar-refractivity contribution in [2.45, 2.75) is 82.1 Å². The van der Waals surface area contributed by atoms with Crippen LogP contribution in [0, 0.1) is 0 Å². The largest absolute Gasteiger partial charge is 1.00 e. The number of carbonyl (C=O) groups excluding carboxylic acids is 1. The van der Waals surface area contributed by atoms with Crippen molar-refractivity contribution in [2.24, 2.45) is 0 Å². The number of morpholine rings is 1. The van der Waals surface area contributed by atoms with Gasteiger partial charge >= 0.3 is 58.2 Å². The minimum atomic E-state index is -2.66. The number of amides is 1. The molecule has 12 heteroatoms. The maximum absolute atomic E-state index is 10.8. The van der Waals surface area contributed by atoms with Gasteiger partial charge in [-0.3, -0.25) is 4.79 Å². The fraction of sp³-hybridized carbons (Fsp3) is 0.970. The molecule has 272 valence electrons. The van der Waals surface area contributed by atoms with Crippen LogP contribution in [-0.2, 0) is 19.4 Å². The first kappa shape index (κ1) is 58.2. The number of piperazine rings is 1. The van der Waals surface area contributed by atoms with Crippen molar-refractivity contribution < 1.29 is 76.1 Å². The van der Waals surface area contributed by atoms with Crippen LogP contribution in [0.2, 0.25) is 0 Å². The Kier molecular flexibility index (Phi) is 51.0. The number of piperidine rings is 1. The number of carbonyl (C=O) groups is 1. The van der Waals surface area contributed by atoms with E-state index in [-0.39, 0.29) is 80.5 Å². The molecule has 0 saturated carbocycles. The minimum Gasteiger partial charge on any atom is -0.660 e. The number of rotatable bonds is 0. The zero-order valence-corrected chi connectivity index (χ0v) is 35.1. The van der Waals surface area contributed by atoms with Gasteiger partial charge in [-0.25, -0.2) is 8.42 Å². The molecule has 0 aromatic carbocycles. The molecule has 0 aliphatic carbocycles. The van der Waals surface area contributed by atoms with E-state index < -0.39 is 9.84 Å². The molecule has 5 aliphatic heterocycles. The molecule has 5 heterocycles. The van der Waals surface area contributed by atoms with E-state index in [2.05, 4.69) is 41.2 Å². The molecule has 5 rings (SSSR count). The number of hydrogen-bond acceptors (Lipinski definition) is 8. The first-order valence-electron chi connectivity index (χ1n) is 16.0. The molecule has 0 unspecified atom stereocenters. The van der Waals surface area contributed by atoms with Crippen LogP contribution in [0.1, 0.15) is 82.1 Å². The molecule has 0 radical (unpaired) electrons. The molecule has 5 fully saturated rings. The van der Waals surface area contributed by atoms with Crippen LogP contribution in [0.4, 0.5) is 0 Å². The Balaban J connectivity index is -0.000000101. The summed E-state index contributed by atoms with van der Waals surface area (Å²) in [5.74, 6) is 0.965. The normalized spacial score (nSPS) is 21.0. The van der Waals surface area contributed by atoms with E-state index in [0.29, 0.717) is 30.5 Å². The molecule has 5 aliphatic rings. The van der Waals surface area contributed by atoms with E-state index in [1.807, 2.05) is 46.7 Å². The van der Waals surface area contributed by atoms with E-state index >= 15 is 0 Å². The third-order valence-electron chi connectivity index (χ3n) is 6.97. The van der Waals surface area contributed by atoms with Crippen LogP contribution in [-0.4, -0.2) is 171 Å². The standard InChI is InChI=1S/C6H13N.C5H11N2.C5H11NO2S.C5H11NO.C5H9NO.2C2H6.3CH4.Rb/c1-7-5-3-2-4-6-7;1-7-4-2-6-3-5-7;1-6-2-4-9(7,8)5-3-6;1-6-2-4-7-5-3-6;1-6-4-2-3-5(6)7;2*1-2;;;;/h2-6H2,1H3;2-5H2,1H3;2-5H2,1H3;2-5H2,1H3;2-4H2,1H3;2*1-2H3;3*1H4;/q;-1;;;;;;;;;+1. The van der Waals surface area contributed by atoms with Crippen molar-refractivity contribution in [1.82, 2.24) is 24.5 Å². The average molecular weight is 742 g/mol. The Hall–Kier alpha value is 0.985. The van der Waals surface area contributed by atoms with Gasteiger partial charge in [-0.05, 0) is 73.6 Å². The van der Waals surface area contributed by atoms with E-state index in [1.165, 1.54) is 32.4 Å². The third-order valence-corrected chi connectivity index (χ3v) is 8.58. The number of likely N-dealkylation sites (tertiary alicyclic amines) is 2. The molecule has 5 saturated heterocycles. The fourth-order valence-corrected chi connectivity index (χ4v) is 5.38. The van der Waals surface area contributed by atoms with Crippen LogP contribution < -0.4 is 58.2 Å². The van der Waals surface area contributed by atoms with Crippen LogP contribution in [0.25, 0.3) is 5.32 Å². The van der Waals surface area contributed by atoms with Gasteiger partial charge in [0, 0.05) is 46.2 Å². The predicted octanol–water partition coefficient (Wildman–Crippen LogP) is 1.91. The van der Waals surface area contributed by atoms with E-state index in [4.69, 9.17) is 4.74 Å². The van der Waals surface area contributed by atoms with Crippen LogP contribution in [0.15, 0.2) is 0 Å². The summed E-state index contributed by atoms with van der Waals surface area (Å²) in [6, 6.07) is 0. The number of hydrogen-bond donors (Lipinski definition) is 0. The Morgan fingerprint density at radius 3 is 1.20 bits per heavy atom. The first-order valence-corrected chi connectivity index (χ1v) is 17.8. The molecule has 0 N–H and O–H groups in total. The molecule has 45 heavy (non-hydrogen) atoms. The van der Waals surface area contributed by atoms with Crippen LogP contribution in [0.5, 0.6) is 0 Å². The maximum Gasteiger partial charge on any atom is 1.00 e. The molecule has 10 nitrogen and oxygen atoms in total. The summed E-state index contributed by atoms with van der Waals surface area (Å²) in [6.07, 6.45) is 6.09. The number of likely N-dealkylation sites (N-methyl/N-ethyl adjacent to an activating group) is 2. The van der Waals surface area contributed by atoms with Gasteiger partial charge in [-0.1, -0.05) is 56.4 Å². The second-order valence-corrected chi connectivity index (χ2v) is 12.9. The fourth-order valence-electron chi connectivity index (χ4n) is 4.00. The zero-order valence-electron chi connectivity index (χ0n) is 29.4. The second kappa shape index (κ2) is 39.4. The summed E-state index contributed by atoms with van der Waals surface area (Å²) in [5, 5.41) is 4.19. The zero-order chi connectivity index (χ0) is 31.5. The predicted molar refractivity (Wildman–Crippen MR) is 196 cm³/mol. The van der Waals surface area contributed by atoms with E-state index in [9.17, 15) is 13.2 Å². The molecular formula is C33H79N6O4RbS. The number of nitrogens with zero attached hydrogens (tertiary/aromatic N) is 6. The van der Waals surface area contributed by atoms with Gasteiger partial charge in [0.15, 0.2) is 9.84 Å². The quantitative estimate of drug-likeness (QED) is 0.373. The SMILES string of the molecule is C.C.C.CC.CC.CN1CCCC1=O.CN1CCCCC1.CN1CCOCC1.CN1CCS(=O)(=O)CC1.CN1CC[N-]CC1.[Rb+]. The molecule has 1 amide bonds.